The molecule has 1 aromatic heterocycles. The third-order valence-corrected chi connectivity index (χ3v) is 4.23. The van der Waals surface area contributed by atoms with Crippen molar-refractivity contribution >= 4 is 41.3 Å². The maximum atomic E-state index is 5.99. The molecule has 0 amide bonds. The summed E-state index contributed by atoms with van der Waals surface area (Å²) in [5.41, 5.74) is 7.12. The molecule has 2 heterocycles. The summed E-state index contributed by atoms with van der Waals surface area (Å²) in [5.74, 6) is 1.37. The predicted octanol–water partition coefficient (Wildman–Crippen LogP) is 3.00. The van der Waals surface area contributed by atoms with Crippen LogP contribution in [0.1, 0.15) is 27.9 Å². The molecule has 0 fully saturated rings. The molecule has 1 aliphatic heterocycles. The Morgan fingerprint density at radius 2 is 2.32 bits per heavy atom. The van der Waals surface area contributed by atoms with Gasteiger partial charge in [0.2, 0.25) is 0 Å². The molecule has 0 bridgehead atoms. The summed E-state index contributed by atoms with van der Waals surface area (Å²) in [4.78, 5) is 9.83. The van der Waals surface area contributed by atoms with Crippen LogP contribution in [0.2, 0.25) is 0 Å². The molecule has 0 aliphatic carbocycles. The fraction of sp³-hybridized carbons (Fsp3) is 0.333. The van der Waals surface area contributed by atoms with E-state index < -0.39 is 0 Å². The number of halogens is 1. The fourth-order valence-electron chi connectivity index (χ4n) is 2.34. The van der Waals surface area contributed by atoms with Gasteiger partial charge in [0.15, 0.2) is 5.96 Å². The Hall–Kier alpha value is -1.35. The molecule has 1 aromatic carbocycles. The van der Waals surface area contributed by atoms with Crippen LogP contribution < -0.4 is 15.8 Å². The molecule has 0 saturated heterocycles. The Balaban J connectivity index is 0.00000176. The third kappa shape index (κ3) is 4.10. The Morgan fingerprint density at radius 1 is 1.50 bits per heavy atom. The highest BCUT2D eigenvalue weighted by molar-refractivity contribution is 14.0. The molecule has 1 aliphatic rings. The average Bonchev–Trinajstić information content (AvgIpc) is 2.91. The van der Waals surface area contributed by atoms with Crippen molar-refractivity contribution in [2.75, 3.05) is 6.61 Å². The Labute approximate surface area is 151 Å². The molecule has 118 valence electrons. The molecule has 3 rings (SSSR count). The van der Waals surface area contributed by atoms with Crippen LogP contribution in [0.5, 0.6) is 5.75 Å². The number of benzene rings is 1. The van der Waals surface area contributed by atoms with Crippen molar-refractivity contribution in [1.82, 2.24) is 10.3 Å². The highest BCUT2D eigenvalue weighted by Gasteiger charge is 2.21. The summed E-state index contributed by atoms with van der Waals surface area (Å²) in [6.45, 7) is 3.24. The van der Waals surface area contributed by atoms with Crippen molar-refractivity contribution in [1.29, 1.82) is 0 Å². The molecule has 7 heteroatoms. The lowest BCUT2D eigenvalue weighted by atomic mass is 10.0. The van der Waals surface area contributed by atoms with Crippen LogP contribution in [-0.4, -0.2) is 17.6 Å². The van der Waals surface area contributed by atoms with E-state index in [2.05, 4.69) is 21.4 Å². The van der Waals surface area contributed by atoms with E-state index in [0.717, 1.165) is 22.7 Å². The van der Waals surface area contributed by atoms with Crippen molar-refractivity contribution in [3.8, 4) is 5.75 Å². The first kappa shape index (κ1) is 17.0. The summed E-state index contributed by atoms with van der Waals surface area (Å²) in [6.07, 6.45) is 2.73. The van der Waals surface area contributed by atoms with Crippen molar-refractivity contribution in [2.24, 2.45) is 10.7 Å². The summed E-state index contributed by atoms with van der Waals surface area (Å²) >= 11 is 1.64. The molecule has 1 unspecified atom stereocenters. The lowest BCUT2D eigenvalue weighted by molar-refractivity contribution is 0.262. The maximum absolute atomic E-state index is 5.99. The number of thiazole rings is 1. The fourth-order valence-corrected chi connectivity index (χ4v) is 3.06. The SMILES string of the molecule is Cc1cnc(CN=C(N)NC2CCOc3ccccc32)s1.I. The quantitative estimate of drug-likeness (QED) is 0.446. The van der Waals surface area contributed by atoms with Gasteiger partial charge >= 0.3 is 0 Å². The summed E-state index contributed by atoms with van der Waals surface area (Å²) in [5, 5.41) is 4.25. The van der Waals surface area contributed by atoms with Crippen LogP contribution >= 0.6 is 35.3 Å². The van der Waals surface area contributed by atoms with Gasteiger partial charge in [-0.15, -0.1) is 35.3 Å². The monoisotopic (exact) mass is 430 g/mol. The highest BCUT2D eigenvalue weighted by Crippen LogP contribution is 2.31. The zero-order valence-electron chi connectivity index (χ0n) is 12.3. The summed E-state index contributed by atoms with van der Waals surface area (Å²) in [7, 11) is 0. The molecule has 0 radical (unpaired) electrons. The van der Waals surface area contributed by atoms with E-state index in [-0.39, 0.29) is 30.0 Å². The number of guanidine groups is 1. The van der Waals surface area contributed by atoms with Crippen molar-refractivity contribution in [3.63, 3.8) is 0 Å². The molecular formula is C15H19IN4OS. The molecule has 5 nitrogen and oxygen atoms in total. The van der Waals surface area contributed by atoms with Crippen molar-refractivity contribution < 1.29 is 4.74 Å². The Morgan fingerprint density at radius 3 is 3.09 bits per heavy atom. The van der Waals surface area contributed by atoms with Gasteiger partial charge in [0, 0.05) is 23.1 Å². The zero-order valence-corrected chi connectivity index (χ0v) is 15.4. The van der Waals surface area contributed by atoms with E-state index in [1.54, 1.807) is 11.3 Å². The van der Waals surface area contributed by atoms with Crippen LogP contribution in [-0.2, 0) is 6.54 Å². The first-order valence-corrected chi connectivity index (χ1v) is 7.73. The van der Waals surface area contributed by atoms with Gasteiger partial charge in [0.05, 0.1) is 19.2 Å². The number of ether oxygens (including phenoxy) is 1. The lowest BCUT2D eigenvalue weighted by Gasteiger charge is -2.26. The highest BCUT2D eigenvalue weighted by atomic mass is 127. The average molecular weight is 430 g/mol. The third-order valence-electron chi connectivity index (χ3n) is 3.33. The molecule has 1 atom stereocenters. The first-order valence-electron chi connectivity index (χ1n) is 6.92. The number of hydrogen-bond donors (Lipinski definition) is 2. The van der Waals surface area contributed by atoms with Gasteiger partial charge in [-0.3, -0.25) is 0 Å². The van der Waals surface area contributed by atoms with Crippen LogP contribution in [0.15, 0.2) is 35.5 Å². The first-order chi connectivity index (χ1) is 10.2. The number of nitrogens with two attached hydrogens (primary N) is 1. The van der Waals surface area contributed by atoms with Gasteiger partial charge in [-0.2, -0.15) is 0 Å². The standard InChI is InChI=1S/C15H18N4OS.HI/c1-10-8-17-14(21-10)9-18-15(16)19-12-6-7-20-13-5-3-2-4-11(12)13;/h2-5,8,12H,6-7,9H2,1H3,(H3,16,18,19);1H. The summed E-state index contributed by atoms with van der Waals surface area (Å²) < 4.78 is 5.64. The van der Waals surface area contributed by atoms with E-state index in [1.165, 1.54) is 4.88 Å². The number of hydrogen-bond acceptors (Lipinski definition) is 4. The molecule has 0 spiro atoms. The molecular weight excluding hydrogens is 411 g/mol. The second kappa shape index (κ2) is 7.77. The summed E-state index contributed by atoms with van der Waals surface area (Å²) in [6, 6.07) is 8.17. The number of nitrogens with zero attached hydrogens (tertiary/aromatic N) is 2. The molecule has 0 saturated carbocycles. The molecule has 3 N–H and O–H groups in total. The second-order valence-electron chi connectivity index (χ2n) is 4.94. The van der Waals surface area contributed by atoms with E-state index in [1.807, 2.05) is 31.3 Å². The normalized spacial score (nSPS) is 17.1. The lowest BCUT2D eigenvalue weighted by Crippen LogP contribution is -2.37. The number of rotatable bonds is 3. The molecule has 22 heavy (non-hydrogen) atoms. The van der Waals surface area contributed by atoms with Gasteiger partial charge in [-0.1, -0.05) is 18.2 Å². The van der Waals surface area contributed by atoms with Gasteiger partial charge < -0.3 is 15.8 Å². The minimum absolute atomic E-state index is 0. The number of aromatic nitrogens is 1. The van der Waals surface area contributed by atoms with E-state index in [4.69, 9.17) is 10.5 Å². The smallest absolute Gasteiger partial charge is 0.189 e. The van der Waals surface area contributed by atoms with Crippen LogP contribution in [0.3, 0.4) is 0 Å². The Bertz CT molecular complexity index is 658. The number of fused-ring (bicyclic) bond motifs is 1. The maximum Gasteiger partial charge on any atom is 0.189 e. The van der Waals surface area contributed by atoms with E-state index >= 15 is 0 Å². The van der Waals surface area contributed by atoms with Gasteiger partial charge in [-0.05, 0) is 13.0 Å². The zero-order chi connectivity index (χ0) is 14.7. The largest absolute Gasteiger partial charge is 0.493 e. The topological polar surface area (TPSA) is 72.5 Å². The van der Waals surface area contributed by atoms with Gasteiger partial charge in [0.1, 0.15) is 10.8 Å². The van der Waals surface area contributed by atoms with Gasteiger partial charge in [-0.25, -0.2) is 9.98 Å². The van der Waals surface area contributed by atoms with Crippen LogP contribution in [0, 0.1) is 6.92 Å². The van der Waals surface area contributed by atoms with E-state index in [0.29, 0.717) is 19.1 Å². The van der Waals surface area contributed by atoms with E-state index in [9.17, 15) is 0 Å². The number of para-hydroxylation sites is 1. The van der Waals surface area contributed by atoms with Crippen LogP contribution in [0.4, 0.5) is 0 Å². The van der Waals surface area contributed by atoms with Gasteiger partial charge in [0.25, 0.3) is 0 Å². The second-order valence-corrected chi connectivity index (χ2v) is 6.26. The Kier molecular flexibility index (Phi) is 6.01. The molecule has 2 aromatic rings. The number of aliphatic imine (C=N–C) groups is 1. The van der Waals surface area contributed by atoms with Crippen molar-refractivity contribution in [2.45, 2.75) is 25.9 Å². The number of nitrogens with one attached hydrogen (secondary N) is 1. The predicted molar refractivity (Wildman–Crippen MR) is 100 cm³/mol. The number of aryl methyl sites for hydroxylation is 1. The van der Waals surface area contributed by atoms with Crippen LogP contribution in [0.25, 0.3) is 0 Å². The van der Waals surface area contributed by atoms with Crippen molar-refractivity contribution in [3.05, 3.63) is 45.9 Å². The minimum Gasteiger partial charge on any atom is -0.493 e. The minimum atomic E-state index is 0.